The Labute approximate surface area is 246 Å². The predicted molar refractivity (Wildman–Crippen MR) is 152 cm³/mol. The molecule has 200 valence electrons. The molecule has 3 aromatic carbocycles. The minimum Gasteiger partial charge on any atom is -0.495 e. The lowest BCUT2D eigenvalue weighted by Crippen LogP contribution is -2.18. The van der Waals surface area contributed by atoms with Crippen molar-refractivity contribution < 1.29 is 29.0 Å². The zero-order chi connectivity index (χ0) is 28.1. The number of nitrogens with one attached hydrogen (secondary N) is 2. The van der Waals surface area contributed by atoms with Crippen LogP contribution in [-0.4, -0.2) is 42.9 Å². The van der Waals surface area contributed by atoms with Gasteiger partial charge in [-0.25, -0.2) is 4.79 Å². The fourth-order valence-corrected chi connectivity index (χ4v) is 5.13. The Balaban J connectivity index is 1.68. The quantitative estimate of drug-likeness (QED) is 0.125. The summed E-state index contributed by atoms with van der Waals surface area (Å²) in [6, 6.07) is 9.56. The molecule has 3 N–H and O–H groups in total. The molecule has 0 aliphatic rings. The second-order valence-corrected chi connectivity index (χ2v) is 10.3. The number of halogens is 5. The number of carboxylic acid groups (broad SMARTS) is 1. The number of rotatable bonds is 9. The maximum atomic E-state index is 12.9. The topological polar surface area (TPSA) is 114 Å². The summed E-state index contributed by atoms with van der Waals surface area (Å²) >= 11 is 31.4. The van der Waals surface area contributed by atoms with Crippen molar-refractivity contribution in [1.29, 1.82) is 0 Å². The zero-order valence-corrected chi connectivity index (χ0v) is 24.1. The lowest BCUT2D eigenvalue weighted by molar-refractivity contribution is -0.113. The molecule has 0 atom stereocenters. The summed E-state index contributed by atoms with van der Waals surface area (Å²) in [5, 5.41) is 13.9. The first-order valence-electron chi connectivity index (χ1n) is 10.3. The monoisotopic (exact) mass is 636 g/mol. The van der Waals surface area contributed by atoms with Crippen LogP contribution in [0, 0.1) is 0 Å². The van der Waals surface area contributed by atoms with E-state index in [1.807, 2.05) is 0 Å². The van der Waals surface area contributed by atoms with Crippen molar-refractivity contribution in [2.24, 2.45) is 0 Å². The molecule has 0 heterocycles. The second kappa shape index (κ2) is 13.0. The largest absolute Gasteiger partial charge is 0.495 e. The first-order chi connectivity index (χ1) is 18.0. The van der Waals surface area contributed by atoms with Gasteiger partial charge in [-0.2, -0.15) is 0 Å². The average molecular weight is 639 g/mol. The van der Waals surface area contributed by atoms with E-state index in [4.69, 9.17) is 67.5 Å². The average Bonchev–Trinajstić information content (AvgIpc) is 2.88. The Morgan fingerprint density at radius 2 is 1.39 bits per heavy atom. The molecule has 0 aliphatic carbocycles. The summed E-state index contributed by atoms with van der Waals surface area (Å²) in [6.45, 7) is 0. The normalized spacial score (nSPS) is 10.6. The maximum absolute atomic E-state index is 12.9. The Hall–Kier alpha value is -2.53. The molecule has 0 aliphatic heterocycles. The van der Waals surface area contributed by atoms with Gasteiger partial charge in [0, 0.05) is 16.6 Å². The molecular formula is C24H17Cl5N2O6S. The van der Waals surface area contributed by atoms with Gasteiger partial charge in [0.25, 0.3) is 5.91 Å². The van der Waals surface area contributed by atoms with Crippen molar-refractivity contribution in [3.63, 3.8) is 0 Å². The van der Waals surface area contributed by atoms with Crippen LogP contribution in [0.3, 0.4) is 0 Å². The van der Waals surface area contributed by atoms with E-state index in [-0.39, 0.29) is 26.7 Å². The van der Waals surface area contributed by atoms with Crippen LogP contribution in [0.5, 0.6) is 11.5 Å². The minimum absolute atomic E-state index is 0.0673. The van der Waals surface area contributed by atoms with E-state index in [0.29, 0.717) is 27.9 Å². The minimum atomic E-state index is -1.50. The fraction of sp³-hybridized carbons (Fsp3) is 0.125. The molecule has 0 fully saturated rings. The van der Waals surface area contributed by atoms with Crippen molar-refractivity contribution in [1.82, 2.24) is 0 Å². The summed E-state index contributed by atoms with van der Waals surface area (Å²) < 4.78 is 10.4. The van der Waals surface area contributed by atoms with Crippen LogP contribution in [0.25, 0.3) is 0 Å². The highest BCUT2D eigenvalue weighted by Gasteiger charge is 2.29. The Morgan fingerprint density at radius 3 is 1.95 bits per heavy atom. The summed E-state index contributed by atoms with van der Waals surface area (Å²) in [5.74, 6) is -1.79. The van der Waals surface area contributed by atoms with E-state index >= 15 is 0 Å². The SMILES string of the molecule is COc1cc(OC)c(NC(=O)CSc2ccc(NC(=O)c3c(Cl)c(Cl)c(Cl)c(Cl)c3C(=O)O)cc2)cc1Cl. The van der Waals surface area contributed by atoms with Crippen LogP contribution >= 0.6 is 69.8 Å². The van der Waals surface area contributed by atoms with Crippen LogP contribution < -0.4 is 20.1 Å². The molecule has 8 nitrogen and oxygen atoms in total. The van der Waals surface area contributed by atoms with Gasteiger partial charge >= 0.3 is 5.97 Å². The predicted octanol–water partition coefficient (Wildman–Crippen LogP) is 7.65. The zero-order valence-electron chi connectivity index (χ0n) is 19.5. The number of amides is 2. The summed E-state index contributed by atoms with van der Waals surface area (Å²) in [5.41, 5.74) is -0.279. The van der Waals surface area contributed by atoms with Crippen molar-refractivity contribution >= 4 is 98.9 Å². The summed E-state index contributed by atoms with van der Waals surface area (Å²) in [7, 11) is 2.93. The number of anilines is 2. The van der Waals surface area contributed by atoms with Crippen molar-refractivity contribution in [3.05, 3.63) is 72.6 Å². The smallest absolute Gasteiger partial charge is 0.338 e. The van der Waals surface area contributed by atoms with Gasteiger partial charge in [0.2, 0.25) is 5.91 Å². The number of thioether (sulfide) groups is 1. The highest BCUT2D eigenvalue weighted by molar-refractivity contribution is 8.00. The van der Waals surface area contributed by atoms with Gasteiger partial charge in [0.1, 0.15) is 11.5 Å². The van der Waals surface area contributed by atoms with Crippen molar-refractivity contribution in [2.75, 3.05) is 30.6 Å². The summed E-state index contributed by atoms with van der Waals surface area (Å²) in [4.78, 5) is 37.8. The second-order valence-electron chi connectivity index (χ2n) is 7.31. The van der Waals surface area contributed by atoms with E-state index in [1.165, 1.54) is 32.0 Å². The van der Waals surface area contributed by atoms with Gasteiger partial charge < -0.3 is 25.2 Å². The third-order valence-corrected chi connectivity index (χ3v) is 8.05. The lowest BCUT2D eigenvalue weighted by atomic mass is 10.1. The van der Waals surface area contributed by atoms with Crippen LogP contribution in [0.4, 0.5) is 11.4 Å². The fourth-order valence-electron chi connectivity index (χ4n) is 3.17. The molecule has 3 rings (SSSR count). The van der Waals surface area contributed by atoms with E-state index in [9.17, 15) is 19.5 Å². The third kappa shape index (κ3) is 6.72. The molecule has 0 aromatic heterocycles. The van der Waals surface area contributed by atoms with Crippen molar-refractivity contribution in [2.45, 2.75) is 4.90 Å². The highest BCUT2D eigenvalue weighted by Crippen LogP contribution is 2.42. The molecule has 0 bridgehead atoms. The van der Waals surface area contributed by atoms with Crippen LogP contribution in [-0.2, 0) is 4.79 Å². The number of aromatic carboxylic acids is 1. The summed E-state index contributed by atoms with van der Waals surface area (Å²) in [6.07, 6.45) is 0. The van der Waals surface area contributed by atoms with Gasteiger partial charge in [0.05, 0.1) is 61.9 Å². The molecule has 2 amide bonds. The Morgan fingerprint density at radius 1 is 0.816 bits per heavy atom. The first-order valence-corrected chi connectivity index (χ1v) is 13.2. The highest BCUT2D eigenvalue weighted by atomic mass is 35.5. The number of methoxy groups -OCH3 is 2. The third-order valence-electron chi connectivity index (χ3n) is 4.94. The number of carboxylic acids is 1. The van der Waals surface area contributed by atoms with E-state index in [0.717, 1.165) is 4.90 Å². The van der Waals surface area contributed by atoms with Gasteiger partial charge in [-0.3, -0.25) is 9.59 Å². The molecule has 14 heteroatoms. The van der Waals surface area contributed by atoms with Crippen molar-refractivity contribution in [3.8, 4) is 11.5 Å². The Kier molecular flexibility index (Phi) is 10.3. The van der Waals surface area contributed by atoms with E-state index in [1.54, 1.807) is 30.3 Å². The first kappa shape index (κ1) is 30.0. The van der Waals surface area contributed by atoms with Crippen LogP contribution in [0.15, 0.2) is 41.3 Å². The van der Waals surface area contributed by atoms with Crippen LogP contribution in [0.2, 0.25) is 25.1 Å². The van der Waals surface area contributed by atoms with Gasteiger partial charge in [0.15, 0.2) is 0 Å². The van der Waals surface area contributed by atoms with Gasteiger partial charge in [-0.1, -0.05) is 58.0 Å². The number of hydrogen-bond donors (Lipinski definition) is 3. The lowest BCUT2D eigenvalue weighted by Gasteiger charge is -2.14. The number of carbonyl (C=O) groups is 3. The number of hydrogen-bond acceptors (Lipinski definition) is 6. The number of carbonyl (C=O) groups excluding carboxylic acids is 2. The molecule has 0 unspecified atom stereocenters. The molecule has 3 aromatic rings. The molecule has 38 heavy (non-hydrogen) atoms. The molecule has 0 saturated carbocycles. The maximum Gasteiger partial charge on any atom is 0.338 e. The molecule has 0 spiro atoms. The van der Waals surface area contributed by atoms with Gasteiger partial charge in [-0.15, -0.1) is 11.8 Å². The van der Waals surface area contributed by atoms with Gasteiger partial charge in [-0.05, 0) is 30.3 Å². The molecule has 0 saturated heterocycles. The Bertz CT molecular complexity index is 1420. The number of ether oxygens (including phenoxy) is 2. The van der Waals surface area contributed by atoms with E-state index < -0.39 is 28.0 Å². The molecule has 0 radical (unpaired) electrons. The molecular weight excluding hydrogens is 622 g/mol. The standard InChI is InChI=1S/C24H17Cl5N2O6S/c1-36-14-8-15(37-2)13(7-12(14)25)31-16(32)9-38-11-5-3-10(4-6-11)30-23(33)17-18(24(34)35)20(27)22(29)21(28)19(17)26/h3-8H,9H2,1-2H3,(H,30,33)(H,31,32)(H,34,35). The van der Waals surface area contributed by atoms with Crippen LogP contribution in [0.1, 0.15) is 20.7 Å². The van der Waals surface area contributed by atoms with E-state index in [2.05, 4.69) is 10.6 Å². The number of benzene rings is 3.